The Morgan fingerprint density at radius 3 is 2.74 bits per heavy atom. The third kappa shape index (κ3) is 3.07. The van der Waals surface area contributed by atoms with Crippen molar-refractivity contribution in [2.45, 2.75) is 18.5 Å². The number of halogens is 3. The Bertz CT molecular complexity index is 473. The normalized spacial score (nSPS) is 24.2. The lowest BCUT2D eigenvalue weighted by molar-refractivity contribution is -0.183. The molecule has 0 spiro atoms. The van der Waals surface area contributed by atoms with Crippen LogP contribution in [0.15, 0.2) is 24.3 Å². The lowest BCUT2D eigenvalue weighted by Crippen LogP contribution is -2.43. The third-order valence-corrected chi connectivity index (χ3v) is 3.46. The fourth-order valence-corrected chi connectivity index (χ4v) is 2.50. The van der Waals surface area contributed by atoms with Gasteiger partial charge in [0.2, 0.25) is 0 Å². The first-order chi connectivity index (χ1) is 8.89. The summed E-state index contributed by atoms with van der Waals surface area (Å²) in [6.45, 7) is 0.389. The van der Waals surface area contributed by atoms with E-state index in [0.717, 1.165) is 0 Å². The molecular weight excluding hydrogens is 259 g/mol. The first-order valence-electron chi connectivity index (χ1n) is 6.00. The summed E-state index contributed by atoms with van der Waals surface area (Å²) < 4.78 is 38.9. The van der Waals surface area contributed by atoms with Gasteiger partial charge >= 0.3 is 12.1 Å². The number of rotatable bonds is 2. The SMILES string of the molecule is O=C(O)c1cccc([C@H]2CCNC[C@H]2C(F)(F)F)c1. The number of piperidine rings is 1. The molecule has 3 nitrogen and oxygen atoms in total. The van der Waals surface area contributed by atoms with Crippen LogP contribution in [0.1, 0.15) is 28.3 Å². The minimum absolute atomic E-state index is 0.0250. The Labute approximate surface area is 108 Å². The molecule has 1 aliphatic rings. The van der Waals surface area contributed by atoms with E-state index < -0.39 is 24.0 Å². The Hall–Kier alpha value is -1.56. The van der Waals surface area contributed by atoms with Crippen molar-refractivity contribution < 1.29 is 23.1 Å². The molecule has 0 unspecified atom stereocenters. The van der Waals surface area contributed by atoms with Gasteiger partial charge in [-0.1, -0.05) is 12.1 Å². The van der Waals surface area contributed by atoms with Crippen molar-refractivity contribution in [3.63, 3.8) is 0 Å². The summed E-state index contributed by atoms with van der Waals surface area (Å²) >= 11 is 0. The van der Waals surface area contributed by atoms with E-state index in [0.29, 0.717) is 18.5 Å². The van der Waals surface area contributed by atoms with Crippen LogP contribution in [-0.4, -0.2) is 30.3 Å². The number of alkyl halides is 3. The summed E-state index contributed by atoms with van der Waals surface area (Å²) in [4.78, 5) is 10.9. The van der Waals surface area contributed by atoms with E-state index in [1.807, 2.05) is 0 Å². The Balaban J connectivity index is 2.32. The van der Waals surface area contributed by atoms with Gasteiger partial charge in [-0.15, -0.1) is 0 Å². The van der Waals surface area contributed by atoms with Crippen molar-refractivity contribution in [3.05, 3.63) is 35.4 Å². The van der Waals surface area contributed by atoms with Crippen molar-refractivity contribution >= 4 is 5.97 Å². The fourth-order valence-electron chi connectivity index (χ4n) is 2.50. The highest BCUT2D eigenvalue weighted by Crippen LogP contribution is 2.40. The van der Waals surface area contributed by atoms with Crippen LogP contribution in [0.5, 0.6) is 0 Å². The van der Waals surface area contributed by atoms with Crippen molar-refractivity contribution in [2.75, 3.05) is 13.1 Å². The Kier molecular flexibility index (Phi) is 3.80. The van der Waals surface area contributed by atoms with Crippen LogP contribution >= 0.6 is 0 Å². The zero-order valence-corrected chi connectivity index (χ0v) is 10.1. The standard InChI is InChI=1S/C13H14F3NO2/c14-13(15,16)11-7-17-5-4-10(11)8-2-1-3-9(6-8)12(18)19/h1-3,6,10-11,17H,4-5,7H2,(H,18,19)/t10-,11-/m1/s1. The van der Waals surface area contributed by atoms with Crippen LogP contribution in [0.2, 0.25) is 0 Å². The van der Waals surface area contributed by atoms with E-state index >= 15 is 0 Å². The molecule has 0 aliphatic carbocycles. The van der Waals surface area contributed by atoms with Crippen LogP contribution in [-0.2, 0) is 0 Å². The molecule has 0 amide bonds. The van der Waals surface area contributed by atoms with Gasteiger partial charge in [0.05, 0.1) is 11.5 Å². The second kappa shape index (κ2) is 5.21. The quantitative estimate of drug-likeness (QED) is 0.871. The molecule has 19 heavy (non-hydrogen) atoms. The molecule has 2 atom stereocenters. The number of hydrogen-bond donors (Lipinski definition) is 2. The van der Waals surface area contributed by atoms with Crippen LogP contribution in [0.3, 0.4) is 0 Å². The lowest BCUT2D eigenvalue weighted by atomic mass is 9.80. The number of hydrogen-bond acceptors (Lipinski definition) is 2. The average molecular weight is 273 g/mol. The summed E-state index contributed by atoms with van der Waals surface area (Å²) in [5.41, 5.74) is 0.473. The molecule has 0 aromatic heterocycles. The minimum atomic E-state index is -4.28. The monoisotopic (exact) mass is 273 g/mol. The van der Waals surface area contributed by atoms with Gasteiger partial charge in [-0.3, -0.25) is 0 Å². The number of aromatic carboxylic acids is 1. The van der Waals surface area contributed by atoms with E-state index in [2.05, 4.69) is 5.32 Å². The van der Waals surface area contributed by atoms with E-state index in [-0.39, 0.29) is 12.1 Å². The van der Waals surface area contributed by atoms with Crippen molar-refractivity contribution in [3.8, 4) is 0 Å². The van der Waals surface area contributed by atoms with Crippen molar-refractivity contribution in [2.24, 2.45) is 5.92 Å². The molecule has 2 N–H and O–H groups in total. The van der Waals surface area contributed by atoms with Gasteiger partial charge in [0.1, 0.15) is 0 Å². The molecular formula is C13H14F3NO2. The second-order valence-electron chi connectivity index (χ2n) is 4.68. The molecule has 1 aromatic rings. The zero-order valence-electron chi connectivity index (χ0n) is 10.1. The number of carbonyl (C=O) groups is 1. The maximum Gasteiger partial charge on any atom is 0.393 e. The fraction of sp³-hybridized carbons (Fsp3) is 0.462. The van der Waals surface area contributed by atoms with Crippen LogP contribution in [0, 0.1) is 5.92 Å². The van der Waals surface area contributed by atoms with E-state index in [1.165, 1.54) is 18.2 Å². The first-order valence-corrected chi connectivity index (χ1v) is 6.00. The van der Waals surface area contributed by atoms with Gasteiger partial charge < -0.3 is 10.4 Å². The predicted octanol–water partition coefficient (Wildman–Crippen LogP) is 2.64. The molecule has 0 bridgehead atoms. The van der Waals surface area contributed by atoms with Crippen molar-refractivity contribution in [1.29, 1.82) is 0 Å². The van der Waals surface area contributed by atoms with Crippen molar-refractivity contribution in [1.82, 2.24) is 5.32 Å². The molecule has 0 radical (unpaired) electrons. The van der Waals surface area contributed by atoms with E-state index in [1.54, 1.807) is 6.07 Å². The number of nitrogens with one attached hydrogen (secondary N) is 1. The molecule has 1 aliphatic heterocycles. The number of carboxylic acid groups (broad SMARTS) is 1. The molecule has 6 heteroatoms. The topological polar surface area (TPSA) is 49.3 Å². The maximum absolute atomic E-state index is 13.0. The summed E-state index contributed by atoms with van der Waals surface area (Å²) in [6.07, 6.45) is -3.93. The molecule has 1 saturated heterocycles. The summed E-state index contributed by atoms with van der Waals surface area (Å²) in [5.74, 6) is -3.27. The molecule has 0 saturated carbocycles. The smallest absolute Gasteiger partial charge is 0.393 e. The third-order valence-electron chi connectivity index (χ3n) is 3.46. The summed E-state index contributed by atoms with van der Waals surface area (Å²) in [6, 6.07) is 5.79. The average Bonchev–Trinajstić information content (AvgIpc) is 2.38. The lowest BCUT2D eigenvalue weighted by Gasteiger charge is -2.34. The zero-order chi connectivity index (χ0) is 14.0. The predicted molar refractivity (Wildman–Crippen MR) is 63.2 cm³/mol. The minimum Gasteiger partial charge on any atom is -0.478 e. The Morgan fingerprint density at radius 2 is 2.11 bits per heavy atom. The summed E-state index contributed by atoms with van der Waals surface area (Å²) in [7, 11) is 0. The summed E-state index contributed by atoms with van der Waals surface area (Å²) in [5, 5.41) is 11.6. The largest absolute Gasteiger partial charge is 0.478 e. The van der Waals surface area contributed by atoms with Gasteiger partial charge in [0.25, 0.3) is 0 Å². The highest BCUT2D eigenvalue weighted by Gasteiger charge is 2.46. The van der Waals surface area contributed by atoms with E-state index in [9.17, 15) is 18.0 Å². The molecule has 1 aromatic carbocycles. The van der Waals surface area contributed by atoms with Gasteiger partial charge in [-0.05, 0) is 36.6 Å². The van der Waals surface area contributed by atoms with Crippen LogP contribution in [0.25, 0.3) is 0 Å². The molecule has 1 fully saturated rings. The highest BCUT2D eigenvalue weighted by atomic mass is 19.4. The van der Waals surface area contributed by atoms with Crippen LogP contribution in [0.4, 0.5) is 13.2 Å². The molecule has 104 valence electrons. The maximum atomic E-state index is 13.0. The Morgan fingerprint density at radius 1 is 1.37 bits per heavy atom. The number of benzene rings is 1. The van der Waals surface area contributed by atoms with Crippen LogP contribution < -0.4 is 5.32 Å². The van der Waals surface area contributed by atoms with Gasteiger partial charge in [0, 0.05) is 6.54 Å². The van der Waals surface area contributed by atoms with Gasteiger partial charge in [-0.2, -0.15) is 13.2 Å². The van der Waals surface area contributed by atoms with Gasteiger partial charge in [0.15, 0.2) is 0 Å². The highest BCUT2D eigenvalue weighted by molar-refractivity contribution is 5.87. The van der Waals surface area contributed by atoms with Gasteiger partial charge in [-0.25, -0.2) is 4.79 Å². The first kappa shape index (κ1) is 13.9. The molecule has 1 heterocycles. The molecule has 2 rings (SSSR count). The number of carboxylic acids is 1. The van der Waals surface area contributed by atoms with E-state index in [4.69, 9.17) is 5.11 Å². The second-order valence-corrected chi connectivity index (χ2v) is 4.68.